The standard InChI is InChI=1S/C18H25N5O4S2/c1-4-22(5-2)29(25,26)14-8-9-16(27-3)15(10-14)20-17(24)11-28-18-21-19-12-23(18)13-6-7-13/h8-10,12-13H,4-7,11H2,1-3H3,(H,20,24). The minimum atomic E-state index is -3.64. The van der Waals surface area contributed by atoms with E-state index in [0.717, 1.165) is 12.8 Å². The van der Waals surface area contributed by atoms with Crippen molar-refractivity contribution in [1.82, 2.24) is 19.1 Å². The zero-order valence-electron chi connectivity index (χ0n) is 16.7. The predicted molar refractivity (Wildman–Crippen MR) is 111 cm³/mol. The smallest absolute Gasteiger partial charge is 0.243 e. The van der Waals surface area contributed by atoms with Gasteiger partial charge in [0.2, 0.25) is 15.9 Å². The number of aromatic nitrogens is 3. The lowest BCUT2D eigenvalue weighted by atomic mass is 10.3. The maximum absolute atomic E-state index is 12.8. The molecule has 1 aromatic carbocycles. The second kappa shape index (κ2) is 9.14. The fourth-order valence-corrected chi connectivity index (χ4v) is 5.18. The van der Waals surface area contributed by atoms with Crippen LogP contribution in [-0.2, 0) is 14.8 Å². The van der Waals surface area contributed by atoms with Crippen LogP contribution in [0.3, 0.4) is 0 Å². The van der Waals surface area contributed by atoms with Crippen molar-refractivity contribution in [3.63, 3.8) is 0 Å². The molecule has 0 spiro atoms. The Morgan fingerprint density at radius 2 is 2.07 bits per heavy atom. The highest BCUT2D eigenvalue weighted by Crippen LogP contribution is 2.37. The van der Waals surface area contributed by atoms with Gasteiger partial charge in [-0.25, -0.2) is 8.42 Å². The molecule has 158 valence electrons. The van der Waals surface area contributed by atoms with Gasteiger partial charge in [-0.2, -0.15) is 4.31 Å². The summed E-state index contributed by atoms with van der Waals surface area (Å²) in [5.74, 6) is 0.237. The van der Waals surface area contributed by atoms with Crippen molar-refractivity contribution in [2.24, 2.45) is 0 Å². The highest BCUT2D eigenvalue weighted by Gasteiger charge is 2.27. The Balaban J connectivity index is 1.73. The molecular formula is C18H25N5O4S2. The summed E-state index contributed by atoms with van der Waals surface area (Å²) in [6, 6.07) is 4.89. The van der Waals surface area contributed by atoms with E-state index < -0.39 is 10.0 Å². The summed E-state index contributed by atoms with van der Waals surface area (Å²) < 4.78 is 34.2. The van der Waals surface area contributed by atoms with E-state index in [-0.39, 0.29) is 16.6 Å². The third-order valence-electron chi connectivity index (χ3n) is 4.60. The number of sulfonamides is 1. The van der Waals surface area contributed by atoms with Gasteiger partial charge < -0.3 is 14.6 Å². The highest BCUT2D eigenvalue weighted by atomic mass is 32.2. The average Bonchev–Trinajstić information content (AvgIpc) is 3.44. The molecule has 0 aliphatic heterocycles. The van der Waals surface area contributed by atoms with Gasteiger partial charge in [0.05, 0.1) is 23.4 Å². The number of nitrogens with zero attached hydrogens (tertiary/aromatic N) is 4. The van der Waals surface area contributed by atoms with E-state index in [0.29, 0.717) is 35.7 Å². The van der Waals surface area contributed by atoms with Crippen molar-refractivity contribution in [2.45, 2.75) is 42.8 Å². The second-order valence-electron chi connectivity index (χ2n) is 6.54. The monoisotopic (exact) mass is 439 g/mol. The maximum atomic E-state index is 12.8. The van der Waals surface area contributed by atoms with Crippen LogP contribution >= 0.6 is 11.8 Å². The van der Waals surface area contributed by atoms with Crippen molar-refractivity contribution in [2.75, 3.05) is 31.3 Å². The minimum absolute atomic E-state index is 0.110. The molecule has 0 bridgehead atoms. The molecule has 2 aromatic rings. The van der Waals surface area contributed by atoms with E-state index in [1.807, 2.05) is 4.57 Å². The number of anilines is 1. The summed E-state index contributed by atoms with van der Waals surface area (Å²) in [6.45, 7) is 4.30. The quantitative estimate of drug-likeness (QED) is 0.567. The number of carbonyl (C=O) groups is 1. The van der Waals surface area contributed by atoms with Gasteiger partial charge >= 0.3 is 0 Å². The Morgan fingerprint density at radius 3 is 2.69 bits per heavy atom. The normalized spacial score (nSPS) is 14.2. The van der Waals surface area contributed by atoms with Crippen LogP contribution in [-0.4, -0.2) is 59.3 Å². The summed E-state index contributed by atoms with van der Waals surface area (Å²) >= 11 is 1.29. The fraction of sp³-hybridized carbons (Fsp3) is 0.500. The van der Waals surface area contributed by atoms with Gasteiger partial charge in [0, 0.05) is 19.1 Å². The number of ether oxygens (including phenoxy) is 1. The minimum Gasteiger partial charge on any atom is -0.495 e. The Labute approximate surface area is 174 Å². The molecule has 3 rings (SSSR count). The molecule has 1 aliphatic carbocycles. The molecule has 29 heavy (non-hydrogen) atoms. The van der Waals surface area contributed by atoms with E-state index in [2.05, 4.69) is 15.5 Å². The van der Waals surface area contributed by atoms with E-state index in [1.54, 1.807) is 26.2 Å². The molecule has 0 unspecified atom stereocenters. The first kappa shape index (κ1) is 21.6. The van der Waals surface area contributed by atoms with Crippen molar-refractivity contribution in [3.05, 3.63) is 24.5 Å². The average molecular weight is 440 g/mol. The van der Waals surface area contributed by atoms with Gasteiger partial charge in [0.1, 0.15) is 12.1 Å². The number of hydrogen-bond acceptors (Lipinski definition) is 7. The molecule has 1 aliphatic rings. The molecular weight excluding hydrogens is 414 g/mol. The number of amides is 1. The van der Waals surface area contributed by atoms with Gasteiger partial charge in [-0.3, -0.25) is 4.79 Å². The van der Waals surface area contributed by atoms with Crippen molar-refractivity contribution in [1.29, 1.82) is 0 Å². The first-order chi connectivity index (χ1) is 13.9. The van der Waals surface area contributed by atoms with Gasteiger partial charge in [-0.05, 0) is 31.0 Å². The highest BCUT2D eigenvalue weighted by molar-refractivity contribution is 7.99. The van der Waals surface area contributed by atoms with Crippen molar-refractivity contribution < 1.29 is 17.9 Å². The van der Waals surface area contributed by atoms with Gasteiger partial charge in [0.25, 0.3) is 0 Å². The van der Waals surface area contributed by atoms with E-state index in [1.165, 1.54) is 35.3 Å². The number of thioether (sulfide) groups is 1. The van der Waals surface area contributed by atoms with Crippen LogP contribution in [0.1, 0.15) is 32.7 Å². The zero-order valence-corrected chi connectivity index (χ0v) is 18.3. The first-order valence-electron chi connectivity index (χ1n) is 9.41. The molecule has 0 atom stereocenters. The van der Waals surface area contributed by atoms with Crippen LogP contribution < -0.4 is 10.1 Å². The van der Waals surface area contributed by atoms with E-state index >= 15 is 0 Å². The Morgan fingerprint density at radius 1 is 1.34 bits per heavy atom. The summed E-state index contributed by atoms with van der Waals surface area (Å²) in [5.41, 5.74) is 0.315. The van der Waals surface area contributed by atoms with Gasteiger partial charge in [-0.15, -0.1) is 10.2 Å². The molecule has 1 aromatic heterocycles. The lowest BCUT2D eigenvalue weighted by Gasteiger charge is -2.19. The van der Waals surface area contributed by atoms with E-state index in [4.69, 9.17) is 4.74 Å². The summed E-state index contributed by atoms with van der Waals surface area (Å²) in [5, 5.41) is 11.4. The number of methoxy groups -OCH3 is 1. The lowest BCUT2D eigenvalue weighted by Crippen LogP contribution is -2.30. The molecule has 0 radical (unpaired) electrons. The van der Waals surface area contributed by atoms with Crippen LogP contribution in [0.5, 0.6) is 5.75 Å². The van der Waals surface area contributed by atoms with E-state index in [9.17, 15) is 13.2 Å². The first-order valence-corrected chi connectivity index (χ1v) is 11.8. The maximum Gasteiger partial charge on any atom is 0.243 e. The Kier molecular flexibility index (Phi) is 6.81. The number of hydrogen-bond donors (Lipinski definition) is 1. The third-order valence-corrected chi connectivity index (χ3v) is 7.60. The molecule has 1 amide bonds. The summed E-state index contributed by atoms with van der Waals surface area (Å²) in [7, 11) is -2.17. The second-order valence-corrected chi connectivity index (χ2v) is 9.42. The van der Waals surface area contributed by atoms with Crippen LogP contribution in [0.2, 0.25) is 0 Å². The third kappa shape index (κ3) is 4.90. The molecule has 11 heteroatoms. The fourth-order valence-electron chi connectivity index (χ4n) is 2.91. The molecule has 0 saturated heterocycles. The van der Waals surface area contributed by atoms with Gasteiger partial charge in [0.15, 0.2) is 5.16 Å². The molecule has 1 heterocycles. The molecule has 9 nitrogen and oxygen atoms in total. The van der Waals surface area contributed by atoms with Crippen LogP contribution in [0, 0.1) is 0 Å². The number of nitrogens with one attached hydrogen (secondary N) is 1. The number of rotatable bonds is 10. The zero-order chi connectivity index (χ0) is 21.0. The number of carbonyl (C=O) groups excluding carboxylic acids is 1. The Bertz CT molecular complexity index is 968. The number of benzene rings is 1. The van der Waals surface area contributed by atoms with Gasteiger partial charge in [-0.1, -0.05) is 25.6 Å². The van der Waals surface area contributed by atoms with Crippen LogP contribution in [0.15, 0.2) is 34.6 Å². The largest absolute Gasteiger partial charge is 0.495 e. The summed E-state index contributed by atoms with van der Waals surface area (Å²) in [4.78, 5) is 12.6. The lowest BCUT2D eigenvalue weighted by molar-refractivity contribution is -0.113. The molecule has 1 N–H and O–H groups in total. The predicted octanol–water partition coefficient (Wildman–Crippen LogP) is 2.38. The molecule has 1 fully saturated rings. The summed E-state index contributed by atoms with van der Waals surface area (Å²) in [6.07, 6.45) is 3.88. The van der Waals surface area contributed by atoms with Crippen LogP contribution in [0.4, 0.5) is 5.69 Å². The van der Waals surface area contributed by atoms with Crippen molar-refractivity contribution >= 4 is 33.4 Å². The topological polar surface area (TPSA) is 106 Å². The van der Waals surface area contributed by atoms with Crippen molar-refractivity contribution in [3.8, 4) is 5.75 Å². The SMILES string of the molecule is CCN(CC)S(=O)(=O)c1ccc(OC)c(NC(=O)CSc2nncn2C2CC2)c1. The Hall–Kier alpha value is -2.11. The van der Waals surface area contributed by atoms with Crippen LogP contribution in [0.25, 0.3) is 0 Å². The molecule has 1 saturated carbocycles.